The van der Waals surface area contributed by atoms with Crippen LogP contribution < -0.4 is 5.32 Å². The highest BCUT2D eigenvalue weighted by molar-refractivity contribution is 5.92. The molecule has 0 radical (unpaired) electrons. The molecule has 1 unspecified atom stereocenters. The van der Waals surface area contributed by atoms with Crippen LogP contribution in [0.25, 0.3) is 11.3 Å². The molecule has 3 atom stereocenters. The smallest absolute Gasteiger partial charge is 0.410 e. The maximum absolute atomic E-state index is 13.0. The van der Waals surface area contributed by atoms with Crippen molar-refractivity contribution in [1.29, 1.82) is 0 Å². The van der Waals surface area contributed by atoms with Crippen LogP contribution in [-0.4, -0.2) is 80.7 Å². The molecule has 2 amide bonds. The van der Waals surface area contributed by atoms with Gasteiger partial charge in [-0.3, -0.25) is 14.8 Å². The lowest BCUT2D eigenvalue weighted by Crippen LogP contribution is -2.56. The van der Waals surface area contributed by atoms with Gasteiger partial charge in [0.2, 0.25) is 0 Å². The van der Waals surface area contributed by atoms with Crippen molar-refractivity contribution in [2.45, 2.75) is 140 Å². The van der Waals surface area contributed by atoms with Crippen molar-refractivity contribution in [3.8, 4) is 11.3 Å². The Bertz CT molecular complexity index is 1540. The molecule has 0 spiro atoms. The lowest BCUT2D eigenvalue weighted by atomic mass is 9.50. The first-order chi connectivity index (χ1) is 22.7. The van der Waals surface area contributed by atoms with E-state index in [1.807, 2.05) is 57.5 Å². The van der Waals surface area contributed by atoms with Crippen molar-refractivity contribution in [2.24, 2.45) is 10.4 Å². The minimum atomic E-state index is -0.527. The molecule has 10 nitrogen and oxygen atoms in total. The van der Waals surface area contributed by atoms with E-state index in [0.717, 1.165) is 61.7 Å². The van der Waals surface area contributed by atoms with Gasteiger partial charge in [0.25, 0.3) is 0 Å². The fourth-order valence-corrected chi connectivity index (χ4v) is 9.03. The molecule has 2 N–H and O–H groups in total. The highest BCUT2D eigenvalue weighted by atomic mass is 16.6. The molecule has 4 heterocycles. The van der Waals surface area contributed by atoms with E-state index in [2.05, 4.69) is 34.6 Å². The second-order valence-corrected chi connectivity index (χ2v) is 17.0. The summed E-state index contributed by atoms with van der Waals surface area (Å²) in [6.45, 7) is 13.7. The van der Waals surface area contributed by atoms with Crippen LogP contribution in [0.15, 0.2) is 35.5 Å². The van der Waals surface area contributed by atoms with Gasteiger partial charge in [-0.2, -0.15) is 0 Å². The zero-order valence-corrected chi connectivity index (χ0v) is 29.7. The monoisotopic (exact) mass is 658 g/mol. The van der Waals surface area contributed by atoms with Gasteiger partial charge in [-0.05, 0) is 134 Å². The Morgan fingerprint density at radius 2 is 1.46 bits per heavy atom. The van der Waals surface area contributed by atoms with E-state index in [1.165, 1.54) is 44.1 Å². The Balaban J connectivity index is 0.997. The lowest BCUT2D eigenvalue weighted by molar-refractivity contribution is 0.0164. The number of H-pyrrole nitrogens is 1. The number of aliphatic imine (C=N–C) groups is 1. The summed E-state index contributed by atoms with van der Waals surface area (Å²) in [6.07, 6.45) is 12.3. The standard InChI is InChI=1S/C38H54N6O4/c1-35(2,3)47-33(45)43-20-8-12-28(43)31-39-23-27(41-31)25-10-7-11-26(22-25)37-14-17-38(18-15-37,19-16-37)30-24-40-32(42-30)29-13-9-21-44(29)34(46)48-36(4,5)6/h7,10-11,22-23,28-30H,8-9,12-21,24H2,1-6H3,(H,39,41)(H,40,42)/t28-,29-,30?,37?,38?/m0/s1. The van der Waals surface area contributed by atoms with Crippen LogP contribution in [0.4, 0.5) is 9.59 Å². The molecule has 3 aliphatic heterocycles. The average molecular weight is 659 g/mol. The first-order valence-electron chi connectivity index (χ1n) is 18.2. The highest BCUT2D eigenvalue weighted by Crippen LogP contribution is 2.59. The van der Waals surface area contributed by atoms with Gasteiger partial charge in [-0.15, -0.1) is 0 Å². The molecule has 2 saturated heterocycles. The number of likely N-dealkylation sites (tertiary alicyclic amines) is 2. The van der Waals surface area contributed by atoms with E-state index < -0.39 is 11.2 Å². The summed E-state index contributed by atoms with van der Waals surface area (Å²) in [5, 5.41) is 3.85. The Labute approximate surface area is 285 Å². The van der Waals surface area contributed by atoms with Crippen LogP contribution in [0.2, 0.25) is 0 Å². The summed E-state index contributed by atoms with van der Waals surface area (Å²) in [6, 6.07) is 9.28. The number of hydrogen-bond acceptors (Lipinski definition) is 7. The van der Waals surface area contributed by atoms with Crippen LogP contribution in [0.1, 0.15) is 123 Å². The number of benzene rings is 1. The number of nitrogens with zero attached hydrogens (tertiary/aromatic N) is 4. The summed E-state index contributed by atoms with van der Waals surface area (Å²) < 4.78 is 11.4. The summed E-state index contributed by atoms with van der Waals surface area (Å²) in [4.78, 5) is 42.9. The van der Waals surface area contributed by atoms with Crippen molar-refractivity contribution in [2.75, 3.05) is 19.6 Å². The quantitative estimate of drug-likeness (QED) is 0.344. The molecule has 1 aromatic heterocycles. The second kappa shape index (κ2) is 12.1. The average Bonchev–Trinajstić information content (AvgIpc) is 3.86. The predicted molar refractivity (Wildman–Crippen MR) is 186 cm³/mol. The molecular formula is C38H54N6O4. The van der Waals surface area contributed by atoms with E-state index in [0.29, 0.717) is 12.6 Å². The third-order valence-electron chi connectivity index (χ3n) is 11.6. The first kappa shape index (κ1) is 33.0. The molecule has 2 aromatic rings. The van der Waals surface area contributed by atoms with Crippen LogP contribution in [0.5, 0.6) is 0 Å². The topological polar surface area (TPSA) is 112 Å². The minimum absolute atomic E-state index is 0.00712. The molecule has 48 heavy (non-hydrogen) atoms. The van der Waals surface area contributed by atoms with Gasteiger partial charge in [-0.25, -0.2) is 14.6 Å². The van der Waals surface area contributed by atoms with Crippen LogP contribution in [-0.2, 0) is 14.9 Å². The number of aromatic nitrogens is 2. The third kappa shape index (κ3) is 6.31. The van der Waals surface area contributed by atoms with Crippen LogP contribution in [0.3, 0.4) is 0 Å². The largest absolute Gasteiger partial charge is 0.444 e. The number of amides is 2. The van der Waals surface area contributed by atoms with Crippen molar-refractivity contribution >= 4 is 18.0 Å². The third-order valence-corrected chi connectivity index (χ3v) is 11.6. The molecule has 3 saturated carbocycles. The van der Waals surface area contributed by atoms with Gasteiger partial charge in [0, 0.05) is 13.1 Å². The van der Waals surface area contributed by atoms with Gasteiger partial charge in [0.15, 0.2) is 0 Å². The summed E-state index contributed by atoms with van der Waals surface area (Å²) in [5.41, 5.74) is 2.98. The first-order valence-corrected chi connectivity index (χ1v) is 18.2. The Morgan fingerprint density at radius 1 is 0.854 bits per heavy atom. The number of carbonyl (C=O) groups is 2. The summed E-state index contributed by atoms with van der Waals surface area (Å²) >= 11 is 0. The van der Waals surface area contributed by atoms with Gasteiger partial charge in [0.1, 0.15) is 22.9 Å². The van der Waals surface area contributed by atoms with E-state index >= 15 is 0 Å². The number of nitrogens with one attached hydrogen (secondary N) is 2. The molecule has 5 fully saturated rings. The van der Waals surface area contributed by atoms with E-state index in [1.54, 1.807) is 0 Å². The number of imidazole rings is 1. The molecule has 10 heteroatoms. The number of aromatic amines is 1. The van der Waals surface area contributed by atoms with Crippen molar-refractivity contribution in [3.05, 3.63) is 41.9 Å². The maximum Gasteiger partial charge on any atom is 0.410 e. The number of ether oxygens (including phenoxy) is 2. The van der Waals surface area contributed by atoms with Crippen LogP contribution >= 0.6 is 0 Å². The number of rotatable bonds is 5. The fraction of sp³-hybridized carbons (Fsp3) is 0.684. The molecule has 2 bridgehead atoms. The molecule has 8 rings (SSSR count). The van der Waals surface area contributed by atoms with Gasteiger partial charge < -0.3 is 19.8 Å². The van der Waals surface area contributed by atoms with Crippen molar-refractivity contribution in [1.82, 2.24) is 25.1 Å². The fourth-order valence-electron chi connectivity index (χ4n) is 9.03. The number of fused-ring (bicyclic) bond motifs is 3. The van der Waals surface area contributed by atoms with E-state index in [-0.39, 0.29) is 35.1 Å². The predicted octanol–water partition coefficient (Wildman–Crippen LogP) is 7.51. The lowest BCUT2D eigenvalue weighted by Gasteiger charge is -2.56. The molecule has 260 valence electrons. The maximum atomic E-state index is 13.0. The van der Waals surface area contributed by atoms with E-state index in [9.17, 15) is 9.59 Å². The Kier molecular flexibility index (Phi) is 8.30. The summed E-state index contributed by atoms with van der Waals surface area (Å²) in [7, 11) is 0. The van der Waals surface area contributed by atoms with Crippen LogP contribution in [0, 0.1) is 5.41 Å². The normalized spacial score (nSPS) is 30.4. The van der Waals surface area contributed by atoms with Crippen molar-refractivity contribution < 1.29 is 19.1 Å². The van der Waals surface area contributed by atoms with Gasteiger partial charge in [0.05, 0.1) is 36.6 Å². The SMILES string of the molecule is CC(C)(C)OC(=O)N1CCC[C@H]1C1=NCC(C23CCC(c4cccc(-c5cnc([C@@H]6CCCN6C(=O)OC(C)(C)C)[nH]5)c4)(CC2)CC3)N1. The minimum Gasteiger partial charge on any atom is -0.444 e. The highest BCUT2D eigenvalue weighted by Gasteiger charge is 2.54. The van der Waals surface area contributed by atoms with Crippen molar-refractivity contribution in [3.63, 3.8) is 0 Å². The van der Waals surface area contributed by atoms with E-state index in [4.69, 9.17) is 19.5 Å². The zero-order chi connectivity index (χ0) is 33.9. The van der Waals surface area contributed by atoms with Gasteiger partial charge in [-0.1, -0.05) is 18.2 Å². The molecule has 3 aliphatic carbocycles. The number of amidine groups is 1. The Morgan fingerprint density at radius 3 is 2.08 bits per heavy atom. The second-order valence-electron chi connectivity index (χ2n) is 17.0. The van der Waals surface area contributed by atoms with Gasteiger partial charge >= 0.3 is 12.2 Å². The molecular weight excluding hydrogens is 604 g/mol. The Hall–Kier alpha value is -3.56. The molecule has 6 aliphatic rings. The number of carbonyl (C=O) groups excluding carboxylic acids is 2. The molecule has 1 aromatic carbocycles. The summed E-state index contributed by atoms with van der Waals surface area (Å²) in [5.74, 6) is 1.81. The zero-order valence-electron chi connectivity index (χ0n) is 29.7. The number of hydrogen-bond donors (Lipinski definition) is 2.